The molecule has 2 atom stereocenters. The van der Waals surface area contributed by atoms with Crippen LogP contribution in [-0.2, 0) is 9.47 Å². The number of guanidine groups is 1. The van der Waals surface area contributed by atoms with Gasteiger partial charge in [-0.15, -0.1) is 24.0 Å². The Morgan fingerprint density at radius 2 is 1.81 bits per heavy atom. The van der Waals surface area contributed by atoms with E-state index in [1.807, 2.05) is 0 Å². The Labute approximate surface area is 145 Å². The van der Waals surface area contributed by atoms with Gasteiger partial charge in [0.2, 0.25) is 0 Å². The van der Waals surface area contributed by atoms with Crippen molar-refractivity contribution in [3.05, 3.63) is 0 Å². The van der Waals surface area contributed by atoms with Gasteiger partial charge in [0.25, 0.3) is 0 Å². The van der Waals surface area contributed by atoms with Crippen molar-refractivity contribution < 1.29 is 9.47 Å². The molecule has 2 rings (SSSR count). The van der Waals surface area contributed by atoms with Gasteiger partial charge in [-0.1, -0.05) is 0 Å². The number of morpholine rings is 2. The molecule has 0 saturated carbocycles. The first-order valence-electron chi connectivity index (χ1n) is 7.65. The van der Waals surface area contributed by atoms with Crippen LogP contribution in [-0.4, -0.2) is 80.4 Å². The van der Waals surface area contributed by atoms with E-state index in [9.17, 15) is 0 Å². The summed E-state index contributed by atoms with van der Waals surface area (Å²) in [5.41, 5.74) is 6.00. The lowest BCUT2D eigenvalue weighted by Crippen LogP contribution is -2.46. The second-order valence-electron chi connectivity index (χ2n) is 5.71. The largest absolute Gasteiger partial charge is 0.378 e. The molecule has 2 heterocycles. The van der Waals surface area contributed by atoms with Crippen molar-refractivity contribution in [3.8, 4) is 0 Å². The molecule has 0 aromatic heterocycles. The SMILES string of the molecule is CC1CN(CCCN=C(N)N2CCOCC2)CC(C)O1.I. The van der Waals surface area contributed by atoms with Crippen molar-refractivity contribution in [1.82, 2.24) is 9.80 Å². The number of ether oxygens (including phenoxy) is 2. The zero-order valence-electron chi connectivity index (χ0n) is 13.2. The van der Waals surface area contributed by atoms with E-state index in [4.69, 9.17) is 15.2 Å². The summed E-state index contributed by atoms with van der Waals surface area (Å²) in [6.07, 6.45) is 1.71. The number of halogens is 1. The van der Waals surface area contributed by atoms with Crippen LogP contribution in [0.3, 0.4) is 0 Å². The molecule has 0 bridgehead atoms. The van der Waals surface area contributed by atoms with Gasteiger partial charge in [0.15, 0.2) is 5.96 Å². The molecule has 2 saturated heterocycles. The average molecular weight is 412 g/mol. The average Bonchev–Trinajstić information content (AvgIpc) is 2.43. The van der Waals surface area contributed by atoms with Crippen LogP contribution >= 0.6 is 24.0 Å². The zero-order chi connectivity index (χ0) is 14.4. The number of nitrogens with two attached hydrogens (primary N) is 1. The molecule has 6 nitrogen and oxygen atoms in total. The standard InChI is InChI=1S/C14H28N4O2.HI/c1-12-10-17(11-13(2)20-12)5-3-4-16-14(15)18-6-8-19-9-7-18;/h12-13H,3-11H2,1-2H3,(H2,15,16);1H. The molecule has 2 aliphatic rings. The Kier molecular flexibility index (Phi) is 8.84. The van der Waals surface area contributed by atoms with E-state index < -0.39 is 0 Å². The summed E-state index contributed by atoms with van der Waals surface area (Å²) in [7, 11) is 0. The van der Waals surface area contributed by atoms with E-state index in [1.165, 1.54) is 0 Å². The third-order valence-electron chi connectivity index (χ3n) is 3.74. The maximum Gasteiger partial charge on any atom is 0.191 e. The molecular formula is C14H29IN4O2. The minimum absolute atomic E-state index is 0. The molecule has 0 aromatic rings. The topological polar surface area (TPSA) is 63.3 Å². The molecule has 124 valence electrons. The van der Waals surface area contributed by atoms with E-state index in [2.05, 4.69) is 28.6 Å². The van der Waals surface area contributed by atoms with E-state index in [1.54, 1.807) is 0 Å². The molecule has 0 aliphatic carbocycles. The molecule has 0 amide bonds. The van der Waals surface area contributed by atoms with Crippen LogP contribution in [0.25, 0.3) is 0 Å². The van der Waals surface area contributed by atoms with Crippen molar-refractivity contribution in [2.45, 2.75) is 32.5 Å². The minimum Gasteiger partial charge on any atom is -0.378 e. The molecule has 2 N–H and O–H groups in total. The summed E-state index contributed by atoms with van der Waals surface area (Å²) in [6, 6.07) is 0. The third kappa shape index (κ3) is 6.66. The van der Waals surface area contributed by atoms with E-state index in [0.29, 0.717) is 18.2 Å². The van der Waals surface area contributed by atoms with Gasteiger partial charge >= 0.3 is 0 Å². The van der Waals surface area contributed by atoms with Gasteiger partial charge in [-0.25, -0.2) is 0 Å². The summed E-state index contributed by atoms with van der Waals surface area (Å²) >= 11 is 0. The van der Waals surface area contributed by atoms with Crippen LogP contribution < -0.4 is 5.73 Å². The van der Waals surface area contributed by atoms with Crippen molar-refractivity contribution in [1.29, 1.82) is 0 Å². The first-order chi connectivity index (χ1) is 9.65. The molecular weight excluding hydrogens is 383 g/mol. The third-order valence-corrected chi connectivity index (χ3v) is 3.74. The lowest BCUT2D eigenvalue weighted by atomic mass is 10.2. The fourth-order valence-corrected chi connectivity index (χ4v) is 2.85. The highest BCUT2D eigenvalue weighted by molar-refractivity contribution is 14.0. The maximum atomic E-state index is 6.00. The lowest BCUT2D eigenvalue weighted by molar-refractivity contribution is -0.0679. The molecule has 21 heavy (non-hydrogen) atoms. The van der Waals surface area contributed by atoms with Gasteiger partial charge in [-0.05, 0) is 20.3 Å². The zero-order valence-corrected chi connectivity index (χ0v) is 15.5. The summed E-state index contributed by atoms with van der Waals surface area (Å²) < 4.78 is 11.0. The molecule has 0 spiro atoms. The quantitative estimate of drug-likeness (QED) is 0.320. The van der Waals surface area contributed by atoms with Crippen molar-refractivity contribution in [3.63, 3.8) is 0 Å². The molecule has 0 radical (unpaired) electrons. The number of hydrogen-bond donors (Lipinski definition) is 1. The van der Waals surface area contributed by atoms with Crippen molar-refractivity contribution in [2.75, 3.05) is 52.5 Å². The van der Waals surface area contributed by atoms with Crippen LogP contribution in [0.1, 0.15) is 20.3 Å². The number of hydrogen-bond acceptors (Lipinski definition) is 4. The predicted octanol–water partition coefficient (Wildman–Crippen LogP) is 0.751. The van der Waals surface area contributed by atoms with Crippen LogP contribution in [0.4, 0.5) is 0 Å². The smallest absolute Gasteiger partial charge is 0.191 e. The summed E-state index contributed by atoms with van der Waals surface area (Å²) in [6.45, 7) is 11.4. The maximum absolute atomic E-state index is 6.00. The first kappa shape index (κ1) is 18.9. The Balaban J connectivity index is 0.00000220. The summed E-state index contributed by atoms with van der Waals surface area (Å²) in [4.78, 5) is 9.03. The van der Waals surface area contributed by atoms with E-state index in [-0.39, 0.29) is 24.0 Å². The van der Waals surface area contributed by atoms with Gasteiger partial charge < -0.3 is 20.1 Å². The van der Waals surface area contributed by atoms with Crippen LogP contribution in [0.2, 0.25) is 0 Å². The minimum atomic E-state index is 0. The number of nitrogens with zero attached hydrogens (tertiary/aromatic N) is 3. The second kappa shape index (κ2) is 9.81. The van der Waals surface area contributed by atoms with Crippen LogP contribution in [0, 0.1) is 0 Å². The van der Waals surface area contributed by atoms with Gasteiger partial charge in [0.05, 0.1) is 25.4 Å². The highest BCUT2D eigenvalue weighted by atomic mass is 127. The predicted molar refractivity (Wildman–Crippen MR) is 95.4 cm³/mol. The van der Waals surface area contributed by atoms with Gasteiger partial charge in [0, 0.05) is 39.3 Å². The van der Waals surface area contributed by atoms with Gasteiger partial charge in [-0.3, -0.25) is 9.89 Å². The van der Waals surface area contributed by atoms with Crippen LogP contribution in [0.5, 0.6) is 0 Å². The molecule has 2 aliphatic heterocycles. The van der Waals surface area contributed by atoms with Gasteiger partial charge in [-0.2, -0.15) is 0 Å². The Hall–Kier alpha value is -0.120. The second-order valence-corrected chi connectivity index (χ2v) is 5.71. The highest BCUT2D eigenvalue weighted by Crippen LogP contribution is 2.10. The number of aliphatic imine (C=N–C) groups is 1. The fraction of sp³-hybridized carbons (Fsp3) is 0.929. The monoisotopic (exact) mass is 412 g/mol. The number of rotatable bonds is 4. The lowest BCUT2D eigenvalue weighted by Gasteiger charge is -2.35. The Morgan fingerprint density at radius 1 is 1.19 bits per heavy atom. The Morgan fingerprint density at radius 3 is 2.43 bits per heavy atom. The van der Waals surface area contributed by atoms with Crippen molar-refractivity contribution in [2.24, 2.45) is 10.7 Å². The first-order valence-corrected chi connectivity index (χ1v) is 7.65. The van der Waals surface area contributed by atoms with Crippen LogP contribution in [0.15, 0.2) is 4.99 Å². The summed E-state index contributed by atoms with van der Waals surface area (Å²) in [5.74, 6) is 0.664. The van der Waals surface area contributed by atoms with E-state index >= 15 is 0 Å². The molecule has 0 aromatic carbocycles. The van der Waals surface area contributed by atoms with Gasteiger partial charge in [0.1, 0.15) is 0 Å². The highest BCUT2D eigenvalue weighted by Gasteiger charge is 2.21. The molecule has 7 heteroatoms. The molecule has 2 unspecified atom stereocenters. The Bertz CT molecular complexity index is 314. The van der Waals surface area contributed by atoms with Crippen molar-refractivity contribution >= 4 is 29.9 Å². The molecule has 2 fully saturated rings. The summed E-state index contributed by atoms with van der Waals surface area (Å²) in [5, 5.41) is 0. The van der Waals surface area contributed by atoms with E-state index in [0.717, 1.165) is 58.9 Å². The fourth-order valence-electron chi connectivity index (χ4n) is 2.85. The normalized spacial score (nSPS) is 28.3.